The third-order valence-corrected chi connectivity index (χ3v) is 4.73. The maximum atomic E-state index is 12.2. The number of halogens is 1. The second-order valence-electron chi connectivity index (χ2n) is 6.00. The van der Waals surface area contributed by atoms with Gasteiger partial charge in [-0.3, -0.25) is 15.0 Å². The summed E-state index contributed by atoms with van der Waals surface area (Å²) in [5.41, 5.74) is 2.63. The van der Waals surface area contributed by atoms with E-state index in [9.17, 15) is 4.79 Å². The van der Waals surface area contributed by atoms with Gasteiger partial charge in [-0.25, -0.2) is 0 Å². The number of ether oxygens (including phenoxy) is 1. The van der Waals surface area contributed by atoms with Crippen molar-refractivity contribution in [2.45, 2.75) is 6.54 Å². The van der Waals surface area contributed by atoms with Gasteiger partial charge in [-0.1, -0.05) is 34.1 Å². The van der Waals surface area contributed by atoms with Gasteiger partial charge in [-0.05, 0) is 48.1 Å². The van der Waals surface area contributed by atoms with Crippen LogP contribution in [0.2, 0.25) is 0 Å². The Balaban J connectivity index is 1.51. The average Bonchev–Trinajstić information content (AvgIpc) is 2.64. The molecule has 26 heavy (non-hydrogen) atoms. The minimum absolute atomic E-state index is 0.243. The van der Waals surface area contributed by atoms with Gasteiger partial charge in [0.15, 0.2) is 5.11 Å². The third kappa shape index (κ3) is 5.60. The molecule has 0 atom stereocenters. The number of thiocarbonyl (C=S) groups is 1. The smallest absolute Gasteiger partial charge is 0.257 e. The predicted molar refractivity (Wildman–Crippen MR) is 110 cm³/mol. The van der Waals surface area contributed by atoms with Crippen LogP contribution in [0.5, 0.6) is 0 Å². The van der Waals surface area contributed by atoms with E-state index in [1.165, 1.54) is 5.56 Å². The molecule has 0 unspecified atom stereocenters. The van der Waals surface area contributed by atoms with Crippen LogP contribution in [0.4, 0.5) is 5.69 Å². The van der Waals surface area contributed by atoms with Gasteiger partial charge in [-0.15, -0.1) is 0 Å². The van der Waals surface area contributed by atoms with Gasteiger partial charge in [0.1, 0.15) is 0 Å². The van der Waals surface area contributed by atoms with E-state index in [2.05, 4.69) is 43.6 Å². The monoisotopic (exact) mass is 433 g/mol. The van der Waals surface area contributed by atoms with Crippen LogP contribution in [-0.2, 0) is 11.3 Å². The summed E-state index contributed by atoms with van der Waals surface area (Å²) in [5.74, 6) is -0.243. The fourth-order valence-corrected chi connectivity index (χ4v) is 3.29. The Morgan fingerprint density at radius 2 is 1.88 bits per heavy atom. The summed E-state index contributed by atoms with van der Waals surface area (Å²) < 4.78 is 6.21. The number of anilines is 1. The molecule has 0 radical (unpaired) electrons. The predicted octanol–water partition coefficient (Wildman–Crippen LogP) is 3.41. The molecule has 7 heteroatoms. The maximum Gasteiger partial charge on any atom is 0.257 e. The number of rotatable bonds is 4. The van der Waals surface area contributed by atoms with Crippen LogP contribution in [0.3, 0.4) is 0 Å². The van der Waals surface area contributed by atoms with Gasteiger partial charge in [0, 0.05) is 35.4 Å². The quantitative estimate of drug-likeness (QED) is 0.723. The highest BCUT2D eigenvalue weighted by Gasteiger charge is 2.11. The molecule has 2 N–H and O–H groups in total. The lowest BCUT2D eigenvalue weighted by atomic mass is 10.2. The van der Waals surface area contributed by atoms with Crippen LogP contribution in [-0.4, -0.2) is 42.2 Å². The first-order valence-corrected chi connectivity index (χ1v) is 9.57. The number of benzene rings is 2. The first-order chi connectivity index (χ1) is 12.6. The molecule has 0 aromatic heterocycles. The summed E-state index contributed by atoms with van der Waals surface area (Å²) in [5, 5.41) is 6.01. The summed E-state index contributed by atoms with van der Waals surface area (Å²) in [6, 6.07) is 15.2. The Bertz CT molecular complexity index is 777. The molecule has 2 aromatic rings. The lowest BCUT2D eigenvalue weighted by Crippen LogP contribution is -2.35. The van der Waals surface area contributed by atoms with Crippen molar-refractivity contribution in [2.24, 2.45) is 0 Å². The maximum absolute atomic E-state index is 12.2. The van der Waals surface area contributed by atoms with E-state index in [4.69, 9.17) is 17.0 Å². The molecule has 0 bridgehead atoms. The van der Waals surface area contributed by atoms with E-state index in [-0.39, 0.29) is 11.0 Å². The summed E-state index contributed by atoms with van der Waals surface area (Å²) in [7, 11) is 0. The van der Waals surface area contributed by atoms with E-state index < -0.39 is 0 Å². The molecular weight excluding hydrogens is 414 g/mol. The van der Waals surface area contributed by atoms with Crippen LogP contribution in [0.25, 0.3) is 0 Å². The zero-order chi connectivity index (χ0) is 18.4. The van der Waals surface area contributed by atoms with Gasteiger partial charge in [0.05, 0.1) is 13.2 Å². The highest BCUT2D eigenvalue weighted by Crippen LogP contribution is 2.13. The summed E-state index contributed by atoms with van der Waals surface area (Å²) in [4.78, 5) is 14.6. The van der Waals surface area contributed by atoms with Gasteiger partial charge in [0.2, 0.25) is 0 Å². The summed E-state index contributed by atoms with van der Waals surface area (Å²) in [6.45, 7) is 4.43. The molecule has 0 aliphatic carbocycles. The van der Waals surface area contributed by atoms with E-state index in [1.54, 1.807) is 12.1 Å². The highest BCUT2D eigenvalue weighted by atomic mass is 79.9. The van der Waals surface area contributed by atoms with Crippen molar-refractivity contribution in [3.8, 4) is 0 Å². The third-order valence-electron chi connectivity index (χ3n) is 4.04. The fraction of sp³-hybridized carbons (Fsp3) is 0.263. The number of hydrogen-bond acceptors (Lipinski definition) is 4. The van der Waals surface area contributed by atoms with Crippen molar-refractivity contribution in [3.05, 3.63) is 64.1 Å². The normalized spacial score (nSPS) is 14.7. The van der Waals surface area contributed by atoms with E-state index in [1.807, 2.05) is 24.3 Å². The molecule has 1 aliphatic rings. The summed E-state index contributed by atoms with van der Waals surface area (Å²) in [6.07, 6.45) is 0. The molecule has 0 saturated carbocycles. The molecule has 1 amide bonds. The van der Waals surface area contributed by atoms with Gasteiger partial charge < -0.3 is 10.1 Å². The molecule has 0 spiro atoms. The Morgan fingerprint density at radius 1 is 1.15 bits per heavy atom. The van der Waals surface area contributed by atoms with Crippen molar-refractivity contribution in [1.82, 2.24) is 10.2 Å². The molecule has 1 fully saturated rings. The second-order valence-corrected chi connectivity index (χ2v) is 7.33. The van der Waals surface area contributed by atoms with Crippen molar-refractivity contribution in [3.63, 3.8) is 0 Å². The minimum Gasteiger partial charge on any atom is -0.379 e. The zero-order valence-electron chi connectivity index (χ0n) is 14.2. The minimum atomic E-state index is -0.243. The number of morpholine rings is 1. The standard InChI is InChI=1S/C19H20BrN3O2S/c20-16-3-1-2-15(12-16)18(24)22-19(26)21-17-6-4-14(5-7-17)13-23-8-10-25-11-9-23/h1-7,12H,8-11,13H2,(H2,21,22,24,26). The molecule has 1 saturated heterocycles. The molecule has 2 aromatic carbocycles. The Labute approximate surface area is 166 Å². The molecule has 1 heterocycles. The van der Waals surface area contributed by atoms with Crippen LogP contribution < -0.4 is 10.6 Å². The number of carbonyl (C=O) groups is 1. The number of carbonyl (C=O) groups excluding carboxylic acids is 1. The van der Waals surface area contributed by atoms with Crippen LogP contribution >= 0.6 is 28.1 Å². The van der Waals surface area contributed by atoms with Gasteiger partial charge in [0.25, 0.3) is 5.91 Å². The van der Waals surface area contributed by atoms with Crippen molar-refractivity contribution >= 4 is 44.9 Å². The van der Waals surface area contributed by atoms with Crippen LogP contribution in [0, 0.1) is 0 Å². The van der Waals surface area contributed by atoms with Gasteiger partial charge in [-0.2, -0.15) is 0 Å². The van der Waals surface area contributed by atoms with E-state index >= 15 is 0 Å². The van der Waals surface area contributed by atoms with Crippen LogP contribution in [0.15, 0.2) is 53.0 Å². The Hall–Kier alpha value is -1.80. The molecule has 1 aliphatic heterocycles. The molecular formula is C19H20BrN3O2S. The molecule has 3 rings (SSSR count). The first kappa shape index (κ1) is 19.0. The number of nitrogens with one attached hydrogen (secondary N) is 2. The number of nitrogens with zero attached hydrogens (tertiary/aromatic N) is 1. The molecule has 136 valence electrons. The topological polar surface area (TPSA) is 53.6 Å². The fourth-order valence-electron chi connectivity index (χ4n) is 2.68. The second kappa shape index (κ2) is 9.23. The van der Waals surface area contributed by atoms with Crippen molar-refractivity contribution in [1.29, 1.82) is 0 Å². The van der Waals surface area contributed by atoms with Crippen molar-refractivity contribution in [2.75, 3.05) is 31.6 Å². The number of hydrogen-bond donors (Lipinski definition) is 2. The number of amides is 1. The lowest BCUT2D eigenvalue weighted by Gasteiger charge is -2.26. The van der Waals surface area contributed by atoms with E-state index in [0.717, 1.165) is 43.0 Å². The first-order valence-electron chi connectivity index (χ1n) is 8.37. The zero-order valence-corrected chi connectivity index (χ0v) is 16.6. The highest BCUT2D eigenvalue weighted by molar-refractivity contribution is 9.10. The lowest BCUT2D eigenvalue weighted by molar-refractivity contribution is 0.0342. The Kier molecular flexibility index (Phi) is 6.73. The van der Waals surface area contributed by atoms with Crippen molar-refractivity contribution < 1.29 is 9.53 Å². The largest absolute Gasteiger partial charge is 0.379 e. The average molecular weight is 434 g/mol. The van der Waals surface area contributed by atoms with E-state index in [0.29, 0.717) is 5.56 Å². The Morgan fingerprint density at radius 3 is 2.58 bits per heavy atom. The summed E-state index contributed by atoms with van der Waals surface area (Å²) >= 11 is 8.59. The van der Waals surface area contributed by atoms with Gasteiger partial charge >= 0.3 is 0 Å². The van der Waals surface area contributed by atoms with Crippen LogP contribution in [0.1, 0.15) is 15.9 Å². The molecule has 5 nitrogen and oxygen atoms in total. The SMILES string of the molecule is O=C(NC(=S)Nc1ccc(CN2CCOCC2)cc1)c1cccc(Br)c1.